The molecule has 3 aromatic rings. The smallest absolute Gasteiger partial charge is 0.145 e. The molecule has 0 N–H and O–H groups in total. The molecular weight excluding hydrogens is 339 g/mol. The van der Waals surface area contributed by atoms with Crippen LogP contribution in [0.2, 0.25) is 0 Å². The molecule has 0 saturated carbocycles. The van der Waals surface area contributed by atoms with Crippen LogP contribution in [0, 0.1) is 5.82 Å². The Morgan fingerprint density at radius 3 is 2.48 bits per heavy atom. The van der Waals surface area contributed by atoms with E-state index in [2.05, 4.69) is 32.7 Å². The Hall–Kier alpha value is -2.75. The topological polar surface area (TPSA) is 34.5 Å². The molecule has 0 atom stereocenters. The SMILES string of the molecule is COc1cccc2cc(C3=NC(C)(C)C(C)(C)c4c(F)cccc43)cnc12. The van der Waals surface area contributed by atoms with Crippen LogP contribution in [0.4, 0.5) is 4.39 Å². The van der Waals surface area contributed by atoms with Gasteiger partial charge in [-0.2, -0.15) is 0 Å². The summed E-state index contributed by atoms with van der Waals surface area (Å²) in [4.78, 5) is 9.65. The molecule has 1 aromatic heterocycles. The number of methoxy groups -OCH3 is 1. The third-order valence-electron chi connectivity index (χ3n) is 5.98. The number of rotatable bonds is 2. The molecular formula is C23H23FN2O. The summed E-state index contributed by atoms with van der Waals surface area (Å²) in [5, 5.41) is 0.968. The van der Waals surface area contributed by atoms with Crippen molar-refractivity contribution in [1.82, 2.24) is 4.98 Å². The van der Waals surface area contributed by atoms with Gasteiger partial charge in [-0.3, -0.25) is 9.98 Å². The van der Waals surface area contributed by atoms with Crippen molar-refractivity contribution < 1.29 is 9.13 Å². The van der Waals surface area contributed by atoms with E-state index < -0.39 is 11.0 Å². The average molecular weight is 362 g/mol. The van der Waals surface area contributed by atoms with Gasteiger partial charge >= 0.3 is 0 Å². The number of para-hydroxylation sites is 1. The molecule has 0 aliphatic carbocycles. The Kier molecular flexibility index (Phi) is 3.84. The van der Waals surface area contributed by atoms with E-state index in [0.717, 1.165) is 33.5 Å². The van der Waals surface area contributed by atoms with Crippen LogP contribution in [0.25, 0.3) is 10.9 Å². The van der Waals surface area contributed by atoms with E-state index in [4.69, 9.17) is 9.73 Å². The van der Waals surface area contributed by atoms with E-state index in [-0.39, 0.29) is 5.82 Å². The van der Waals surface area contributed by atoms with Gasteiger partial charge in [0.1, 0.15) is 17.1 Å². The average Bonchev–Trinajstić information content (AvgIpc) is 2.63. The zero-order valence-electron chi connectivity index (χ0n) is 16.3. The molecule has 1 aliphatic rings. The van der Waals surface area contributed by atoms with Crippen LogP contribution >= 0.6 is 0 Å². The minimum Gasteiger partial charge on any atom is -0.494 e. The molecule has 4 rings (SSSR count). The van der Waals surface area contributed by atoms with Gasteiger partial charge in [0, 0.05) is 33.7 Å². The summed E-state index contributed by atoms with van der Waals surface area (Å²) in [6.07, 6.45) is 1.80. The Morgan fingerprint density at radius 1 is 1.00 bits per heavy atom. The molecule has 2 heterocycles. The second kappa shape index (κ2) is 5.88. The van der Waals surface area contributed by atoms with Crippen LogP contribution in [0.15, 0.2) is 53.7 Å². The van der Waals surface area contributed by atoms with Gasteiger partial charge in [-0.05, 0) is 32.0 Å². The van der Waals surface area contributed by atoms with E-state index in [1.807, 2.05) is 30.3 Å². The molecule has 0 spiro atoms. The van der Waals surface area contributed by atoms with Crippen molar-refractivity contribution in [3.05, 3.63) is 71.2 Å². The highest BCUT2D eigenvalue weighted by Gasteiger charge is 2.45. The van der Waals surface area contributed by atoms with Gasteiger partial charge in [0.2, 0.25) is 0 Å². The van der Waals surface area contributed by atoms with E-state index >= 15 is 0 Å². The summed E-state index contributed by atoms with van der Waals surface area (Å²) in [5.74, 6) is 0.547. The molecule has 0 fully saturated rings. The standard InChI is InChI=1S/C23H23FN2O/c1-22(2)19-16(9-7-10-17(19)24)20(26-23(22,3)4)15-12-14-8-6-11-18(27-5)21(14)25-13-15/h6-13H,1-5H3. The van der Waals surface area contributed by atoms with Gasteiger partial charge in [0.25, 0.3) is 0 Å². The van der Waals surface area contributed by atoms with E-state index in [1.54, 1.807) is 19.4 Å². The lowest BCUT2D eigenvalue weighted by molar-refractivity contribution is 0.293. The Bertz CT molecular complexity index is 1080. The molecule has 27 heavy (non-hydrogen) atoms. The molecule has 0 unspecified atom stereocenters. The molecule has 0 bridgehead atoms. The second-order valence-electron chi connectivity index (χ2n) is 8.06. The van der Waals surface area contributed by atoms with Gasteiger partial charge < -0.3 is 4.74 Å². The van der Waals surface area contributed by atoms with Crippen molar-refractivity contribution in [1.29, 1.82) is 0 Å². The number of ether oxygens (including phenoxy) is 1. The van der Waals surface area contributed by atoms with Crippen LogP contribution in [-0.4, -0.2) is 23.3 Å². The number of fused-ring (bicyclic) bond motifs is 2. The summed E-state index contributed by atoms with van der Waals surface area (Å²) in [6, 6.07) is 13.1. The lowest BCUT2D eigenvalue weighted by Gasteiger charge is -2.44. The number of hydrogen-bond acceptors (Lipinski definition) is 3. The van der Waals surface area contributed by atoms with Crippen LogP contribution < -0.4 is 4.74 Å². The van der Waals surface area contributed by atoms with Crippen molar-refractivity contribution in [2.45, 2.75) is 38.6 Å². The number of aliphatic imine (C=N–C) groups is 1. The first-order valence-corrected chi connectivity index (χ1v) is 9.08. The minimum atomic E-state index is -0.457. The number of halogens is 1. The van der Waals surface area contributed by atoms with Gasteiger partial charge in [-0.1, -0.05) is 38.1 Å². The fourth-order valence-corrected chi connectivity index (χ4v) is 3.79. The number of hydrogen-bond donors (Lipinski definition) is 0. The van der Waals surface area contributed by atoms with E-state index in [1.165, 1.54) is 6.07 Å². The van der Waals surface area contributed by atoms with Crippen molar-refractivity contribution in [3.63, 3.8) is 0 Å². The predicted octanol–water partition coefficient (Wildman–Crippen LogP) is 5.29. The number of nitrogens with zero attached hydrogens (tertiary/aromatic N) is 2. The molecule has 3 nitrogen and oxygen atoms in total. The third-order valence-corrected chi connectivity index (χ3v) is 5.98. The quantitative estimate of drug-likeness (QED) is 0.621. The van der Waals surface area contributed by atoms with Crippen LogP contribution in [0.5, 0.6) is 5.75 Å². The van der Waals surface area contributed by atoms with Crippen LogP contribution in [0.1, 0.15) is 44.4 Å². The van der Waals surface area contributed by atoms with Crippen LogP contribution in [0.3, 0.4) is 0 Å². The predicted molar refractivity (Wildman–Crippen MR) is 107 cm³/mol. The lowest BCUT2D eigenvalue weighted by atomic mass is 9.65. The Morgan fingerprint density at radius 2 is 1.74 bits per heavy atom. The van der Waals surface area contributed by atoms with E-state index in [9.17, 15) is 4.39 Å². The van der Waals surface area contributed by atoms with Crippen molar-refractivity contribution >= 4 is 16.6 Å². The highest BCUT2D eigenvalue weighted by atomic mass is 19.1. The number of aromatic nitrogens is 1. The van der Waals surface area contributed by atoms with Crippen molar-refractivity contribution in [2.24, 2.45) is 4.99 Å². The summed E-state index contributed by atoms with van der Waals surface area (Å²) in [6.45, 7) is 8.22. The zero-order chi connectivity index (χ0) is 19.4. The fourth-order valence-electron chi connectivity index (χ4n) is 3.79. The third kappa shape index (κ3) is 2.54. The molecule has 0 saturated heterocycles. The monoisotopic (exact) mass is 362 g/mol. The summed E-state index contributed by atoms with van der Waals surface area (Å²) >= 11 is 0. The summed E-state index contributed by atoms with van der Waals surface area (Å²) in [5.41, 5.74) is 3.14. The summed E-state index contributed by atoms with van der Waals surface area (Å²) in [7, 11) is 1.64. The fraction of sp³-hybridized carbons (Fsp3) is 0.304. The molecule has 0 amide bonds. The highest BCUT2D eigenvalue weighted by Crippen LogP contribution is 2.45. The molecule has 1 aliphatic heterocycles. The lowest BCUT2D eigenvalue weighted by Crippen LogP contribution is -2.46. The van der Waals surface area contributed by atoms with Gasteiger partial charge in [0.15, 0.2) is 0 Å². The maximum absolute atomic E-state index is 14.9. The first-order chi connectivity index (χ1) is 12.8. The van der Waals surface area contributed by atoms with Crippen molar-refractivity contribution in [3.8, 4) is 5.75 Å². The van der Waals surface area contributed by atoms with Gasteiger partial charge in [0.05, 0.1) is 18.4 Å². The molecule has 4 heteroatoms. The Balaban J connectivity index is 1.98. The molecule has 138 valence electrons. The minimum absolute atomic E-state index is 0.187. The maximum atomic E-state index is 14.9. The second-order valence-corrected chi connectivity index (χ2v) is 8.06. The van der Waals surface area contributed by atoms with E-state index in [0.29, 0.717) is 5.56 Å². The zero-order valence-corrected chi connectivity index (χ0v) is 16.3. The largest absolute Gasteiger partial charge is 0.494 e. The first-order valence-electron chi connectivity index (χ1n) is 9.08. The van der Waals surface area contributed by atoms with Crippen LogP contribution in [-0.2, 0) is 5.41 Å². The normalized spacial score (nSPS) is 17.3. The first kappa shape index (κ1) is 17.7. The summed E-state index contributed by atoms with van der Waals surface area (Å²) < 4.78 is 20.3. The highest BCUT2D eigenvalue weighted by molar-refractivity contribution is 6.16. The van der Waals surface area contributed by atoms with Gasteiger partial charge in [-0.15, -0.1) is 0 Å². The van der Waals surface area contributed by atoms with Gasteiger partial charge in [-0.25, -0.2) is 4.39 Å². The Labute approximate surface area is 158 Å². The maximum Gasteiger partial charge on any atom is 0.145 e. The van der Waals surface area contributed by atoms with Crippen molar-refractivity contribution in [2.75, 3.05) is 7.11 Å². The molecule has 0 radical (unpaired) electrons. The number of benzene rings is 2. The molecule has 2 aromatic carbocycles. The number of pyridine rings is 1.